The van der Waals surface area contributed by atoms with Crippen LogP contribution in [0.15, 0.2) is 225 Å². The zero-order valence-corrected chi connectivity index (χ0v) is 44.6. The van der Waals surface area contributed by atoms with Gasteiger partial charge in [0, 0.05) is 94.4 Å². The summed E-state index contributed by atoms with van der Waals surface area (Å²) in [6, 6.07) is 81.1. The second-order valence-electron chi connectivity index (χ2n) is 20.7. The van der Waals surface area contributed by atoms with Crippen molar-refractivity contribution in [2.75, 3.05) is 9.80 Å². The van der Waals surface area contributed by atoms with E-state index in [1.54, 1.807) is 6.20 Å². The van der Waals surface area contributed by atoms with Gasteiger partial charge in [0.15, 0.2) is 0 Å². The molecule has 0 bridgehead atoms. The van der Waals surface area contributed by atoms with Gasteiger partial charge in [-0.3, -0.25) is 0 Å². The molecule has 0 atom stereocenters. The van der Waals surface area contributed by atoms with E-state index in [-0.39, 0.29) is 26.5 Å². The maximum Gasteiger partial charge on any atom is 0.135 e. The first-order chi connectivity index (χ1) is 37.4. The monoisotopic (exact) mass is 1170 g/mol. The molecule has 9 aromatic carbocycles. The third-order valence-electron chi connectivity index (χ3n) is 15.3. The molecular weight excluding hydrogens is 1120 g/mol. The summed E-state index contributed by atoms with van der Waals surface area (Å²) in [4.78, 5) is 14.3. The summed E-state index contributed by atoms with van der Waals surface area (Å²) in [7, 11) is 0. The van der Waals surface area contributed by atoms with Gasteiger partial charge in [-0.2, -0.15) is 6.07 Å². The van der Waals surface area contributed by atoms with Gasteiger partial charge in [0.25, 0.3) is 0 Å². The van der Waals surface area contributed by atoms with Crippen molar-refractivity contribution in [3.05, 3.63) is 249 Å². The summed E-state index contributed by atoms with van der Waals surface area (Å²) in [5, 5.41) is 4.63. The third-order valence-corrected chi connectivity index (χ3v) is 15.3. The van der Waals surface area contributed by atoms with Gasteiger partial charge in [-0.1, -0.05) is 190 Å². The van der Waals surface area contributed by atoms with Crippen molar-refractivity contribution < 1.29 is 25.8 Å². The first kappa shape index (κ1) is 46.5. The quantitative estimate of drug-likeness (QED) is 0.149. The first-order valence-electron chi connectivity index (χ1n) is 25.8. The van der Waals surface area contributed by atoms with Crippen LogP contribution >= 0.6 is 0 Å². The van der Waals surface area contributed by atoms with Crippen LogP contribution in [0.1, 0.15) is 26.3 Å². The van der Waals surface area contributed by atoms with E-state index in [9.17, 15) is 0 Å². The molecule has 0 fully saturated rings. The topological polar surface area (TPSA) is 51.4 Å². The van der Waals surface area contributed by atoms with Crippen molar-refractivity contribution in [3.8, 4) is 67.5 Å². The summed E-state index contributed by atoms with van der Waals surface area (Å²) in [5.41, 5.74) is 19.6. The van der Waals surface area contributed by atoms with Crippen molar-refractivity contribution in [1.29, 1.82) is 0 Å². The standard InChI is InChI=1S/C69H47N6O.Pt/c1-69(2,3)46-36-37-71-64(38-46)74-61-34-35-62-65(54-24-11-10-22-52(54)55-27-17-28-56-53-23-12-13-29-58(53)75(62)68(55)56)66(61)57-33-32-48(40-63(57)74)76-49-39-47(41-70-42-49)72-43-73(60-31-15-14-30-59(60)72)67-50(44-18-6-4-7-19-44)25-16-26-51(67)45-20-8-5-9-21-45;/h4-38,41-43H,1-3H3;/q-3;. The van der Waals surface area contributed by atoms with Crippen LogP contribution in [0, 0.1) is 18.8 Å². The minimum atomic E-state index is -0.106. The van der Waals surface area contributed by atoms with Gasteiger partial charge in [0.2, 0.25) is 0 Å². The molecule has 6 heterocycles. The molecule has 2 aliphatic rings. The van der Waals surface area contributed by atoms with E-state index in [2.05, 4.69) is 259 Å². The Kier molecular flexibility index (Phi) is 10.9. The fourth-order valence-corrected chi connectivity index (χ4v) is 11.8. The Balaban J connectivity index is 0.00000540. The second-order valence-corrected chi connectivity index (χ2v) is 20.7. The molecule has 0 spiro atoms. The maximum atomic E-state index is 6.85. The number of benzene rings is 9. The van der Waals surface area contributed by atoms with E-state index < -0.39 is 0 Å². The molecule has 15 rings (SSSR count). The molecular formula is C69H47N6OPt-3. The van der Waals surface area contributed by atoms with Gasteiger partial charge >= 0.3 is 0 Å². The zero-order valence-electron chi connectivity index (χ0n) is 42.3. The number of anilines is 4. The smallest absolute Gasteiger partial charge is 0.135 e. The summed E-state index contributed by atoms with van der Waals surface area (Å²) < 4.78 is 11.6. The van der Waals surface area contributed by atoms with Gasteiger partial charge in [-0.05, 0) is 87.3 Å². The van der Waals surface area contributed by atoms with Gasteiger partial charge in [0.05, 0.1) is 16.7 Å². The third kappa shape index (κ3) is 7.36. The summed E-state index contributed by atoms with van der Waals surface area (Å²) in [6.07, 6.45) is 5.49. The van der Waals surface area contributed by atoms with Crippen molar-refractivity contribution >= 4 is 66.4 Å². The summed E-state index contributed by atoms with van der Waals surface area (Å²) in [6.45, 7) is 8.87. The molecule has 4 aromatic heterocycles. The van der Waals surface area contributed by atoms with E-state index in [4.69, 9.17) is 14.7 Å². The minimum Gasteiger partial charge on any atom is -0.508 e. The van der Waals surface area contributed by atoms with E-state index >= 15 is 0 Å². The van der Waals surface area contributed by atoms with Crippen LogP contribution < -0.4 is 14.5 Å². The molecule has 0 N–H and O–H groups in total. The fourth-order valence-electron chi connectivity index (χ4n) is 11.8. The number of fused-ring (bicyclic) bond motifs is 13. The Bertz CT molecular complexity index is 4420. The number of pyridine rings is 2. The molecule has 2 aliphatic heterocycles. The van der Waals surface area contributed by atoms with Gasteiger partial charge < -0.3 is 28.7 Å². The Morgan fingerprint density at radius 3 is 1.91 bits per heavy atom. The predicted molar refractivity (Wildman–Crippen MR) is 310 cm³/mol. The van der Waals surface area contributed by atoms with Crippen molar-refractivity contribution in [3.63, 3.8) is 0 Å². The Hall–Kier alpha value is -9.03. The second kappa shape index (κ2) is 18.1. The summed E-state index contributed by atoms with van der Waals surface area (Å²) in [5.74, 6) is 1.81. The van der Waals surface area contributed by atoms with E-state index in [0.717, 1.165) is 83.9 Å². The van der Waals surface area contributed by atoms with Crippen molar-refractivity contribution in [1.82, 2.24) is 19.1 Å². The number of ether oxygens (including phenoxy) is 1. The number of aromatic nitrogens is 4. The average molecular weight is 1170 g/mol. The average Bonchev–Trinajstić information content (AvgIpc) is 4.29. The molecule has 0 saturated carbocycles. The maximum absolute atomic E-state index is 6.85. The Labute approximate surface area is 461 Å². The van der Waals surface area contributed by atoms with Crippen LogP contribution in [0.2, 0.25) is 0 Å². The molecule has 0 saturated heterocycles. The van der Waals surface area contributed by atoms with Gasteiger partial charge in [0.1, 0.15) is 5.82 Å². The molecule has 7 nitrogen and oxygen atoms in total. The van der Waals surface area contributed by atoms with E-state index in [1.807, 2.05) is 18.5 Å². The number of hydrogen-bond donors (Lipinski definition) is 0. The van der Waals surface area contributed by atoms with E-state index in [1.165, 1.54) is 44.1 Å². The molecule has 0 amide bonds. The van der Waals surface area contributed by atoms with Crippen LogP contribution in [0.3, 0.4) is 0 Å². The zero-order chi connectivity index (χ0) is 50.6. The molecule has 13 aromatic rings. The van der Waals surface area contributed by atoms with Gasteiger partial charge in [-0.25, -0.2) is 4.98 Å². The van der Waals surface area contributed by atoms with Crippen LogP contribution in [-0.2, 0) is 26.5 Å². The van der Waals surface area contributed by atoms with Crippen molar-refractivity contribution in [2.45, 2.75) is 26.2 Å². The fraction of sp³-hybridized carbons (Fsp3) is 0.0580. The number of nitrogens with zero attached hydrogens (tertiary/aromatic N) is 6. The van der Waals surface area contributed by atoms with Crippen LogP contribution in [-0.4, -0.2) is 19.1 Å². The van der Waals surface area contributed by atoms with E-state index in [0.29, 0.717) is 11.5 Å². The van der Waals surface area contributed by atoms with Crippen LogP contribution in [0.5, 0.6) is 11.5 Å². The summed E-state index contributed by atoms with van der Waals surface area (Å²) >= 11 is 0. The first-order valence-corrected chi connectivity index (χ1v) is 25.8. The molecule has 0 radical (unpaired) electrons. The molecule has 8 heteroatoms. The Morgan fingerprint density at radius 1 is 0.494 bits per heavy atom. The van der Waals surface area contributed by atoms with Gasteiger partial charge in [-0.15, -0.1) is 30.3 Å². The predicted octanol–water partition coefficient (Wildman–Crippen LogP) is 17.7. The SMILES string of the molecule is CC(C)(C)c1ccnc(-n2c3[c-]c(Oc4[c-]c(N5[CH-]N(c6c(-c7ccccc7)cccc6-c6ccccc6)c6ccccc65)cnc4)ccc3c3c4c(ccc32)-n2c3ccccc3c3cccc(c32)-c2ccccc2-4)c1.[Pt]. The molecule has 372 valence electrons. The molecule has 0 unspecified atom stereocenters. The largest absolute Gasteiger partial charge is 0.508 e. The normalized spacial score (nSPS) is 12.7. The molecule has 0 aliphatic carbocycles. The number of rotatable bonds is 7. The molecule has 77 heavy (non-hydrogen) atoms. The minimum absolute atomic E-state index is 0. The number of para-hydroxylation sites is 5. The Morgan fingerprint density at radius 2 is 1.14 bits per heavy atom. The van der Waals surface area contributed by atoms with Crippen LogP contribution in [0.4, 0.5) is 22.7 Å². The van der Waals surface area contributed by atoms with Crippen molar-refractivity contribution in [2.24, 2.45) is 0 Å². The number of hydrogen-bond acceptors (Lipinski definition) is 5. The van der Waals surface area contributed by atoms with Crippen LogP contribution in [0.25, 0.3) is 99.6 Å².